The highest BCUT2D eigenvalue weighted by atomic mass is 31.2. The first-order chi connectivity index (χ1) is 6.31. The van der Waals surface area contributed by atoms with Gasteiger partial charge >= 0.3 is 13.6 Å². The predicted molar refractivity (Wildman–Crippen MR) is 45.6 cm³/mol. The average Bonchev–Trinajstić information content (AvgIpc) is 1.97. The smallest absolute Gasteiger partial charge is 0.367 e. The van der Waals surface area contributed by atoms with Gasteiger partial charge in [0.15, 0.2) is 0 Å². The Balaban J connectivity index is 2.26. The Morgan fingerprint density at radius 2 is 2.07 bits per heavy atom. The molecular weight excluding hydrogens is 213 g/mol. The van der Waals surface area contributed by atoms with Gasteiger partial charge < -0.3 is 15.0 Å². The Labute approximate surface area is 80.6 Å². The van der Waals surface area contributed by atoms with Crippen LogP contribution in [0, 0.1) is 5.21 Å². The van der Waals surface area contributed by atoms with Crippen molar-refractivity contribution in [3.63, 3.8) is 0 Å². The molecule has 1 heterocycles. The maximum Gasteiger partial charge on any atom is 0.367 e. The lowest BCUT2D eigenvalue weighted by Gasteiger charge is -2.44. The summed E-state index contributed by atoms with van der Waals surface area (Å²) in [5.41, 5.74) is 0. The molecule has 0 saturated carbocycles. The second-order valence-corrected chi connectivity index (χ2v) is 4.99. The maximum absolute atomic E-state index is 11.2. The third-order valence-electron chi connectivity index (χ3n) is 1.87. The van der Waals surface area contributed by atoms with Gasteiger partial charge in [-0.1, -0.05) is 0 Å². The summed E-state index contributed by atoms with van der Waals surface area (Å²) in [6.07, 6.45) is -0.298. The molecule has 0 radical (unpaired) electrons. The fourth-order valence-corrected chi connectivity index (χ4v) is 1.45. The number of hydrogen-bond acceptors (Lipinski definition) is 4. The van der Waals surface area contributed by atoms with Crippen molar-refractivity contribution in [3.8, 4) is 0 Å². The van der Waals surface area contributed by atoms with Gasteiger partial charge in [0, 0.05) is 0 Å². The lowest BCUT2D eigenvalue weighted by atomic mass is 10.3. The van der Waals surface area contributed by atoms with E-state index < -0.39 is 31.0 Å². The maximum atomic E-state index is 11.2. The molecule has 0 atom stereocenters. The van der Waals surface area contributed by atoms with Crippen LogP contribution in [0.2, 0.25) is 0 Å². The van der Waals surface area contributed by atoms with Crippen molar-refractivity contribution in [1.82, 2.24) is 0 Å². The Bertz CT molecular complexity index is 269. The first-order valence-corrected chi connectivity index (χ1v) is 5.96. The molecular formula is C6H12NO6P. The largest absolute Gasteiger partial charge is 0.589 e. The molecule has 0 unspecified atom stereocenters. The van der Waals surface area contributed by atoms with Gasteiger partial charge in [-0.15, -0.1) is 0 Å². The van der Waals surface area contributed by atoms with Gasteiger partial charge in [0.1, 0.15) is 13.1 Å². The van der Waals surface area contributed by atoms with E-state index >= 15 is 0 Å². The molecule has 0 bridgehead atoms. The van der Waals surface area contributed by atoms with Gasteiger partial charge in [-0.2, -0.15) is 4.81 Å². The Morgan fingerprint density at radius 3 is 2.43 bits per heavy atom. The molecule has 7 nitrogen and oxygen atoms in total. The summed E-state index contributed by atoms with van der Waals surface area (Å²) >= 11 is 0. The quantitative estimate of drug-likeness (QED) is 0.387. The molecule has 0 aromatic rings. The number of hydrogen-bond donors (Lipinski definition) is 2. The van der Waals surface area contributed by atoms with E-state index in [9.17, 15) is 14.6 Å². The summed E-state index contributed by atoms with van der Waals surface area (Å²) in [6, 6.07) is 0. The molecule has 1 aliphatic heterocycles. The predicted octanol–water partition coefficient (Wildman–Crippen LogP) is -0.269. The lowest BCUT2D eigenvalue weighted by molar-refractivity contribution is -1.08. The third-order valence-corrected chi connectivity index (χ3v) is 2.68. The van der Waals surface area contributed by atoms with Crippen molar-refractivity contribution in [3.05, 3.63) is 5.21 Å². The Kier molecular flexibility index (Phi) is 3.28. The standard InChI is InChI=1S/C6H12NO6P/c8-6(2-5-14(10,11)12)13-7(9)3-1-4-7/h1-5H2,(H2,10,11,12). The topological polar surface area (TPSA) is 107 Å². The van der Waals surface area contributed by atoms with Crippen LogP contribution in [0.5, 0.6) is 0 Å². The summed E-state index contributed by atoms with van der Waals surface area (Å²) < 4.78 is 10.4. The fourth-order valence-electron chi connectivity index (χ4n) is 0.976. The second kappa shape index (κ2) is 3.96. The molecule has 0 aliphatic carbocycles. The lowest BCUT2D eigenvalue weighted by Crippen LogP contribution is -2.53. The number of quaternary nitrogens is 1. The molecule has 0 amide bonds. The average molecular weight is 225 g/mol. The van der Waals surface area contributed by atoms with Crippen LogP contribution in [0.15, 0.2) is 0 Å². The van der Waals surface area contributed by atoms with Gasteiger partial charge in [0.2, 0.25) is 0 Å². The SMILES string of the molecule is O=C(CCP(=O)(O)O)O[N+]1([O-])CCC1. The van der Waals surface area contributed by atoms with Crippen molar-refractivity contribution >= 4 is 13.6 Å². The summed E-state index contributed by atoms with van der Waals surface area (Å²) in [5.74, 6) is -0.858. The third kappa shape index (κ3) is 3.73. The van der Waals surface area contributed by atoms with Crippen LogP contribution >= 0.6 is 7.60 Å². The van der Waals surface area contributed by atoms with E-state index in [1.54, 1.807) is 0 Å². The molecule has 82 valence electrons. The van der Waals surface area contributed by atoms with Gasteiger partial charge in [-0.3, -0.25) is 9.40 Å². The van der Waals surface area contributed by atoms with Crippen LogP contribution in [-0.2, 0) is 14.2 Å². The van der Waals surface area contributed by atoms with Gasteiger partial charge in [0.25, 0.3) is 0 Å². The first-order valence-electron chi connectivity index (χ1n) is 4.16. The highest BCUT2D eigenvalue weighted by Crippen LogP contribution is 2.35. The molecule has 2 N–H and O–H groups in total. The zero-order valence-corrected chi connectivity index (χ0v) is 8.35. The zero-order valence-electron chi connectivity index (χ0n) is 7.46. The summed E-state index contributed by atoms with van der Waals surface area (Å²) in [4.78, 5) is 31.3. The summed E-state index contributed by atoms with van der Waals surface area (Å²) in [6.45, 7) is 0.448. The highest BCUT2D eigenvalue weighted by molar-refractivity contribution is 7.51. The molecule has 8 heteroatoms. The second-order valence-electron chi connectivity index (χ2n) is 3.22. The van der Waals surface area contributed by atoms with E-state index in [0.717, 1.165) is 0 Å². The van der Waals surface area contributed by atoms with E-state index in [1.165, 1.54) is 0 Å². The number of nitrogens with zero attached hydrogens (tertiary/aromatic N) is 1. The minimum absolute atomic E-state index is 0.224. The van der Waals surface area contributed by atoms with E-state index in [2.05, 4.69) is 4.84 Å². The van der Waals surface area contributed by atoms with Crippen LogP contribution in [0.3, 0.4) is 0 Å². The molecule has 0 aromatic heterocycles. The van der Waals surface area contributed by atoms with Gasteiger partial charge in [-0.05, 0) is 0 Å². The number of carbonyl (C=O) groups excluding carboxylic acids is 1. The monoisotopic (exact) mass is 225 g/mol. The molecule has 1 saturated heterocycles. The number of rotatable bonds is 4. The van der Waals surface area contributed by atoms with Crippen molar-refractivity contribution in [2.24, 2.45) is 0 Å². The van der Waals surface area contributed by atoms with Crippen molar-refractivity contribution in [2.75, 3.05) is 19.3 Å². The van der Waals surface area contributed by atoms with Crippen LogP contribution in [0.1, 0.15) is 12.8 Å². The van der Waals surface area contributed by atoms with Gasteiger partial charge in [-0.25, -0.2) is 4.79 Å². The molecule has 1 aliphatic rings. The fraction of sp³-hybridized carbons (Fsp3) is 0.833. The summed E-state index contributed by atoms with van der Waals surface area (Å²) in [7, 11) is -4.19. The van der Waals surface area contributed by atoms with E-state index in [-0.39, 0.29) is 13.1 Å². The van der Waals surface area contributed by atoms with Crippen molar-refractivity contribution in [1.29, 1.82) is 0 Å². The minimum Gasteiger partial charge on any atom is -0.589 e. The van der Waals surface area contributed by atoms with E-state index in [4.69, 9.17) is 9.79 Å². The molecule has 0 spiro atoms. The zero-order chi connectivity index (χ0) is 10.8. The van der Waals surface area contributed by atoms with Crippen LogP contribution in [0.25, 0.3) is 0 Å². The molecule has 0 aromatic carbocycles. The van der Waals surface area contributed by atoms with Crippen molar-refractivity contribution < 1.29 is 28.8 Å². The van der Waals surface area contributed by atoms with Gasteiger partial charge in [0.05, 0.1) is 19.0 Å². The Hall–Kier alpha value is -0.460. The van der Waals surface area contributed by atoms with Crippen LogP contribution in [-0.4, -0.2) is 39.8 Å². The Morgan fingerprint density at radius 1 is 1.50 bits per heavy atom. The van der Waals surface area contributed by atoms with Crippen LogP contribution in [0.4, 0.5) is 0 Å². The van der Waals surface area contributed by atoms with E-state index in [0.29, 0.717) is 6.42 Å². The molecule has 1 fully saturated rings. The normalized spacial score (nSPS) is 19.9. The number of carbonyl (C=O) groups is 1. The first kappa shape index (κ1) is 11.6. The summed E-state index contributed by atoms with van der Waals surface area (Å²) in [5, 5.41) is 11.2. The highest BCUT2D eigenvalue weighted by Gasteiger charge is 2.32. The minimum atomic E-state index is -4.19. The van der Waals surface area contributed by atoms with Crippen LogP contribution < -0.4 is 0 Å². The number of hydroxylamine groups is 4. The molecule has 14 heavy (non-hydrogen) atoms. The van der Waals surface area contributed by atoms with Crippen molar-refractivity contribution in [2.45, 2.75) is 12.8 Å². The molecule has 1 rings (SSSR count). The van der Waals surface area contributed by atoms with E-state index in [1.807, 2.05) is 0 Å².